The monoisotopic (exact) mass is 481 g/mol. The molecular weight excluding hydrogens is 461 g/mol. The molecule has 1 aliphatic heterocycles. The Balaban J connectivity index is 1.42. The van der Waals surface area contributed by atoms with Crippen molar-refractivity contribution < 1.29 is 14.3 Å². The number of aromatic nitrogens is 2. The molecule has 2 heterocycles. The van der Waals surface area contributed by atoms with E-state index in [1.165, 1.54) is 0 Å². The van der Waals surface area contributed by atoms with Crippen molar-refractivity contribution in [1.29, 1.82) is 0 Å². The lowest BCUT2D eigenvalue weighted by Gasteiger charge is -2.18. The lowest BCUT2D eigenvalue weighted by atomic mass is 10.1. The average Bonchev–Trinajstić information content (AvgIpc) is 3.43. The van der Waals surface area contributed by atoms with Gasteiger partial charge in [0, 0.05) is 23.0 Å². The maximum absolute atomic E-state index is 13.2. The van der Waals surface area contributed by atoms with Gasteiger partial charge in [0.15, 0.2) is 11.5 Å². The number of amides is 1. The highest BCUT2D eigenvalue weighted by molar-refractivity contribution is 6.36. The van der Waals surface area contributed by atoms with Crippen molar-refractivity contribution in [3.63, 3.8) is 0 Å². The lowest BCUT2D eigenvalue weighted by Crippen LogP contribution is -2.31. The smallest absolute Gasteiger partial charge is 0.243 e. The van der Waals surface area contributed by atoms with Crippen LogP contribution in [0.2, 0.25) is 10.0 Å². The predicted molar refractivity (Wildman–Crippen MR) is 128 cm³/mol. The summed E-state index contributed by atoms with van der Waals surface area (Å²) in [6, 6.07) is 18.3. The fourth-order valence-corrected chi connectivity index (χ4v) is 4.55. The Labute approximate surface area is 201 Å². The van der Waals surface area contributed by atoms with Gasteiger partial charge in [-0.1, -0.05) is 47.5 Å². The van der Waals surface area contributed by atoms with Gasteiger partial charge in [-0.3, -0.25) is 4.79 Å². The van der Waals surface area contributed by atoms with E-state index in [1.54, 1.807) is 12.1 Å². The van der Waals surface area contributed by atoms with E-state index < -0.39 is 6.04 Å². The number of para-hydroxylation sites is 2. The number of carbonyl (C=O) groups is 1. The Hall–Kier alpha value is -3.22. The zero-order chi connectivity index (χ0) is 22.9. The summed E-state index contributed by atoms with van der Waals surface area (Å²) in [6.45, 7) is 2.45. The summed E-state index contributed by atoms with van der Waals surface area (Å²) in [6.07, 6.45) is 0.410. The lowest BCUT2D eigenvalue weighted by molar-refractivity contribution is -0.124. The Kier molecular flexibility index (Phi) is 5.87. The Morgan fingerprint density at radius 1 is 1.06 bits per heavy atom. The van der Waals surface area contributed by atoms with E-state index in [1.807, 2.05) is 60.0 Å². The number of hydrogen-bond acceptors (Lipinski definition) is 4. The number of ether oxygens (including phenoxy) is 2. The van der Waals surface area contributed by atoms with E-state index in [0.29, 0.717) is 34.5 Å². The zero-order valence-corrected chi connectivity index (χ0v) is 19.4. The number of carbonyl (C=O) groups excluding carboxylic acids is 1. The summed E-state index contributed by atoms with van der Waals surface area (Å²) in [5.41, 5.74) is 3.40. The number of nitrogens with zero attached hydrogens (tertiary/aromatic N) is 2. The molecule has 0 spiro atoms. The van der Waals surface area contributed by atoms with E-state index in [9.17, 15) is 4.79 Å². The Bertz CT molecular complexity index is 1330. The highest BCUT2D eigenvalue weighted by Gasteiger charge is 2.23. The zero-order valence-electron chi connectivity index (χ0n) is 17.8. The van der Waals surface area contributed by atoms with Crippen LogP contribution in [0.15, 0.2) is 60.7 Å². The van der Waals surface area contributed by atoms with E-state index in [4.69, 9.17) is 37.7 Å². The van der Waals surface area contributed by atoms with Gasteiger partial charge >= 0.3 is 0 Å². The third-order valence-electron chi connectivity index (χ3n) is 5.74. The fraction of sp³-hybridized carbons (Fsp3) is 0.200. The van der Waals surface area contributed by atoms with Crippen molar-refractivity contribution in [2.75, 3.05) is 6.79 Å². The van der Waals surface area contributed by atoms with Crippen LogP contribution in [-0.4, -0.2) is 22.3 Å². The molecule has 1 amide bonds. The van der Waals surface area contributed by atoms with Crippen LogP contribution in [0.1, 0.15) is 29.9 Å². The molecule has 0 radical (unpaired) electrons. The van der Waals surface area contributed by atoms with Crippen LogP contribution >= 0.6 is 23.2 Å². The first-order valence-corrected chi connectivity index (χ1v) is 11.3. The first-order chi connectivity index (χ1) is 16.0. The molecule has 1 atom stereocenters. The minimum absolute atomic E-state index is 0.123. The van der Waals surface area contributed by atoms with Crippen LogP contribution in [0.3, 0.4) is 0 Å². The van der Waals surface area contributed by atoms with Gasteiger partial charge in [0.25, 0.3) is 0 Å². The van der Waals surface area contributed by atoms with Gasteiger partial charge in [-0.15, -0.1) is 0 Å². The normalized spacial score (nSPS) is 13.3. The van der Waals surface area contributed by atoms with Gasteiger partial charge in [-0.2, -0.15) is 0 Å². The summed E-state index contributed by atoms with van der Waals surface area (Å²) in [5, 5.41) is 4.16. The van der Waals surface area contributed by atoms with E-state index in [-0.39, 0.29) is 12.7 Å². The van der Waals surface area contributed by atoms with Crippen molar-refractivity contribution >= 4 is 40.1 Å². The second-order valence-electron chi connectivity index (χ2n) is 7.85. The number of imidazole rings is 1. The van der Waals surface area contributed by atoms with Crippen molar-refractivity contribution in [2.24, 2.45) is 0 Å². The van der Waals surface area contributed by atoms with Gasteiger partial charge in [-0.25, -0.2) is 4.98 Å². The highest BCUT2D eigenvalue weighted by atomic mass is 35.5. The molecule has 168 valence electrons. The average molecular weight is 482 g/mol. The third-order valence-corrected chi connectivity index (χ3v) is 6.44. The molecule has 6 nitrogen and oxygen atoms in total. The van der Waals surface area contributed by atoms with E-state index in [0.717, 1.165) is 28.0 Å². The van der Waals surface area contributed by atoms with Crippen LogP contribution in [0.25, 0.3) is 11.0 Å². The molecule has 1 unspecified atom stereocenters. The summed E-state index contributed by atoms with van der Waals surface area (Å²) in [4.78, 5) is 17.9. The molecule has 0 fully saturated rings. The molecular formula is C25H21Cl2N3O3. The predicted octanol–water partition coefficient (Wildman–Crippen LogP) is 5.54. The van der Waals surface area contributed by atoms with Crippen LogP contribution < -0.4 is 14.8 Å². The van der Waals surface area contributed by atoms with Crippen molar-refractivity contribution in [1.82, 2.24) is 14.9 Å². The molecule has 1 aromatic heterocycles. The van der Waals surface area contributed by atoms with Crippen molar-refractivity contribution in [3.05, 3.63) is 87.7 Å². The maximum Gasteiger partial charge on any atom is 0.243 e. The van der Waals surface area contributed by atoms with Gasteiger partial charge in [0.2, 0.25) is 12.7 Å². The van der Waals surface area contributed by atoms with Crippen molar-refractivity contribution in [2.45, 2.75) is 25.9 Å². The first-order valence-electron chi connectivity index (χ1n) is 10.6. The molecule has 0 bridgehead atoms. The Morgan fingerprint density at radius 3 is 2.64 bits per heavy atom. The third kappa shape index (κ3) is 4.24. The van der Waals surface area contributed by atoms with Crippen LogP contribution in [0.5, 0.6) is 11.5 Å². The first kappa shape index (κ1) is 21.6. The molecule has 33 heavy (non-hydrogen) atoms. The molecule has 1 aliphatic rings. The van der Waals surface area contributed by atoms with Gasteiger partial charge in [0.1, 0.15) is 11.9 Å². The quantitative estimate of drug-likeness (QED) is 0.392. The fourth-order valence-electron chi connectivity index (χ4n) is 4.02. The summed E-state index contributed by atoms with van der Waals surface area (Å²) >= 11 is 12.8. The van der Waals surface area contributed by atoms with E-state index >= 15 is 0 Å². The number of rotatable bonds is 6. The number of halogens is 2. The largest absolute Gasteiger partial charge is 0.454 e. The number of fused-ring (bicyclic) bond motifs is 2. The van der Waals surface area contributed by atoms with Gasteiger partial charge in [0.05, 0.1) is 11.0 Å². The molecule has 0 saturated carbocycles. The number of nitrogens with one attached hydrogen (secondary N) is 1. The molecule has 0 saturated heterocycles. The van der Waals surface area contributed by atoms with Crippen LogP contribution in [-0.2, 0) is 17.8 Å². The molecule has 4 aromatic rings. The number of hydrogen-bond donors (Lipinski definition) is 1. The van der Waals surface area contributed by atoms with Crippen LogP contribution in [0, 0.1) is 0 Å². The van der Waals surface area contributed by atoms with Gasteiger partial charge < -0.3 is 19.4 Å². The molecule has 3 aromatic carbocycles. The SMILES string of the molecule is CC(C(=O)NCc1ccc2c(c1)OCO2)n1c(Cc2c(Cl)cccc2Cl)nc2ccccc21. The second-order valence-corrected chi connectivity index (χ2v) is 8.66. The van der Waals surface area contributed by atoms with Crippen LogP contribution in [0.4, 0.5) is 0 Å². The highest BCUT2D eigenvalue weighted by Crippen LogP contribution is 2.33. The summed E-state index contributed by atoms with van der Waals surface area (Å²) in [5.74, 6) is 2.00. The van der Waals surface area contributed by atoms with E-state index in [2.05, 4.69) is 5.32 Å². The Morgan fingerprint density at radius 2 is 1.82 bits per heavy atom. The molecule has 1 N–H and O–H groups in total. The molecule has 5 rings (SSSR count). The minimum atomic E-state index is -0.498. The minimum Gasteiger partial charge on any atom is -0.454 e. The summed E-state index contributed by atoms with van der Waals surface area (Å²) in [7, 11) is 0. The molecule has 8 heteroatoms. The standard InChI is InChI=1S/C25H21Cl2N3O3/c1-15(25(31)28-13-16-9-10-22-23(11-16)33-14-32-22)30-21-8-3-2-7-20(21)29-24(30)12-17-18(26)5-4-6-19(17)27/h2-11,15H,12-14H2,1H3,(H,28,31). The maximum atomic E-state index is 13.2. The van der Waals surface area contributed by atoms with Gasteiger partial charge in [-0.05, 0) is 54.4 Å². The summed E-state index contributed by atoms with van der Waals surface area (Å²) < 4.78 is 12.7. The number of benzene rings is 3. The molecule has 0 aliphatic carbocycles. The van der Waals surface area contributed by atoms with Crippen molar-refractivity contribution in [3.8, 4) is 11.5 Å². The topological polar surface area (TPSA) is 65.4 Å². The second kappa shape index (κ2) is 8.96.